The molecule has 0 unspecified atom stereocenters. The highest BCUT2D eigenvalue weighted by molar-refractivity contribution is 8.02. The summed E-state index contributed by atoms with van der Waals surface area (Å²) in [6, 6.07) is 8.63. The third-order valence-corrected chi connectivity index (χ3v) is 3.57. The van der Waals surface area contributed by atoms with Crippen molar-refractivity contribution in [1.82, 2.24) is 4.90 Å². The Hall–Kier alpha value is -0.930. The first-order valence-corrected chi connectivity index (χ1v) is 6.46. The second-order valence-electron chi connectivity index (χ2n) is 4.21. The van der Waals surface area contributed by atoms with Crippen molar-refractivity contribution in [3.63, 3.8) is 0 Å². The number of benzene rings is 1. The van der Waals surface area contributed by atoms with Crippen molar-refractivity contribution in [1.29, 1.82) is 0 Å². The number of hydrogen-bond donors (Lipinski definition) is 0. The highest BCUT2D eigenvalue weighted by Crippen LogP contribution is 2.32. The maximum atomic E-state index is 2.44. The summed E-state index contributed by atoms with van der Waals surface area (Å²) >= 11 is 1.81. The van der Waals surface area contributed by atoms with Crippen molar-refractivity contribution in [2.45, 2.75) is 4.90 Å². The molecule has 1 aliphatic rings. The molecule has 0 atom stereocenters. The van der Waals surface area contributed by atoms with Gasteiger partial charge in [0.1, 0.15) is 0 Å². The van der Waals surface area contributed by atoms with Crippen LogP contribution in [-0.2, 0) is 0 Å². The van der Waals surface area contributed by atoms with Gasteiger partial charge in [0.15, 0.2) is 0 Å². The van der Waals surface area contributed by atoms with Gasteiger partial charge >= 0.3 is 0 Å². The standard InChI is InChI=1S/C13H18N2S/c1-14(2)9-10-15-8-5-11-16-13-7-4-3-6-12(13)15/h3-7,11H,8-10H2,1-2H3. The fourth-order valence-corrected chi connectivity index (χ4v) is 2.54. The number of thioether (sulfide) groups is 1. The summed E-state index contributed by atoms with van der Waals surface area (Å²) in [5.74, 6) is 0. The molecule has 1 heterocycles. The Morgan fingerprint density at radius 3 is 2.94 bits per heavy atom. The largest absolute Gasteiger partial charge is 0.366 e. The number of anilines is 1. The molecule has 86 valence electrons. The van der Waals surface area contributed by atoms with E-state index in [1.54, 1.807) is 0 Å². The Kier molecular flexibility index (Phi) is 3.91. The van der Waals surface area contributed by atoms with Gasteiger partial charge in [0.05, 0.1) is 5.69 Å². The number of hydrogen-bond acceptors (Lipinski definition) is 3. The van der Waals surface area contributed by atoms with Crippen LogP contribution in [0.1, 0.15) is 0 Å². The van der Waals surface area contributed by atoms with Crippen LogP contribution in [0.25, 0.3) is 0 Å². The first-order chi connectivity index (χ1) is 7.77. The van der Waals surface area contributed by atoms with Crippen LogP contribution in [0, 0.1) is 0 Å². The van der Waals surface area contributed by atoms with Crippen molar-refractivity contribution in [2.24, 2.45) is 0 Å². The molecule has 1 aromatic rings. The van der Waals surface area contributed by atoms with E-state index in [4.69, 9.17) is 0 Å². The van der Waals surface area contributed by atoms with Gasteiger partial charge < -0.3 is 9.80 Å². The van der Waals surface area contributed by atoms with Crippen LogP contribution in [-0.4, -0.2) is 38.6 Å². The zero-order chi connectivity index (χ0) is 11.4. The molecule has 1 aliphatic heterocycles. The van der Waals surface area contributed by atoms with Gasteiger partial charge in [-0.3, -0.25) is 0 Å². The summed E-state index contributed by atoms with van der Waals surface area (Å²) in [5, 5.41) is 2.19. The fraction of sp³-hybridized carbons (Fsp3) is 0.385. The first kappa shape index (κ1) is 11.6. The van der Waals surface area contributed by atoms with Gasteiger partial charge in [0.25, 0.3) is 0 Å². The highest BCUT2D eigenvalue weighted by Gasteiger charge is 2.11. The molecule has 0 aliphatic carbocycles. The summed E-state index contributed by atoms with van der Waals surface area (Å²) in [5.41, 5.74) is 1.36. The minimum atomic E-state index is 1.01. The van der Waals surface area contributed by atoms with E-state index in [1.807, 2.05) is 11.8 Å². The van der Waals surface area contributed by atoms with Crippen LogP contribution in [0.5, 0.6) is 0 Å². The number of fused-ring (bicyclic) bond motifs is 1. The van der Waals surface area contributed by atoms with E-state index in [0.29, 0.717) is 0 Å². The Labute approximate surface area is 102 Å². The molecule has 3 heteroatoms. The quantitative estimate of drug-likeness (QED) is 0.794. The van der Waals surface area contributed by atoms with Crippen molar-refractivity contribution in [3.05, 3.63) is 35.7 Å². The lowest BCUT2D eigenvalue weighted by Gasteiger charge is -2.25. The second kappa shape index (κ2) is 5.41. The third kappa shape index (κ3) is 2.80. The Morgan fingerprint density at radius 1 is 1.31 bits per heavy atom. The molecule has 0 saturated heterocycles. The van der Waals surface area contributed by atoms with Gasteiger partial charge in [-0.25, -0.2) is 0 Å². The summed E-state index contributed by atoms with van der Waals surface area (Å²) in [4.78, 5) is 6.02. The summed E-state index contributed by atoms with van der Waals surface area (Å²) in [6.07, 6.45) is 2.24. The molecular weight excluding hydrogens is 216 g/mol. The van der Waals surface area contributed by atoms with Crippen LogP contribution in [0.3, 0.4) is 0 Å². The zero-order valence-electron chi connectivity index (χ0n) is 9.89. The second-order valence-corrected chi connectivity index (χ2v) is 5.15. The lowest BCUT2D eigenvalue weighted by atomic mass is 10.2. The van der Waals surface area contributed by atoms with Gasteiger partial charge in [-0.2, -0.15) is 0 Å². The van der Waals surface area contributed by atoms with Crippen molar-refractivity contribution in [3.8, 4) is 0 Å². The molecule has 0 radical (unpaired) electrons. The Bertz CT molecular complexity index is 374. The lowest BCUT2D eigenvalue weighted by Crippen LogP contribution is -2.31. The highest BCUT2D eigenvalue weighted by atomic mass is 32.2. The molecule has 0 aromatic heterocycles. The number of nitrogens with zero attached hydrogens (tertiary/aromatic N) is 2. The van der Waals surface area contributed by atoms with E-state index in [0.717, 1.165) is 19.6 Å². The average molecular weight is 234 g/mol. The fourth-order valence-electron chi connectivity index (χ4n) is 1.74. The molecule has 0 spiro atoms. The molecule has 2 nitrogen and oxygen atoms in total. The smallest absolute Gasteiger partial charge is 0.0511 e. The minimum Gasteiger partial charge on any atom is -0.366 e. The maximum absolute atomic E-state index is 2.44. The van der Waals surface area contributed by atoms with Crippen LogP contribution < -0.4 is 4.90 Å². The van der Waals surface area contributed by atoms with Gasteiger partial charge in [-0.1, -0.05) is 30.0 Å². The molecule has 0 bridgehead atoms. The number of likely N-dealkylation sites (N-methyl/N-ethyl adjacent to an activating group) is 1. The van der Waals surface area contributed by atoms with E-state index in [-0.39, 0.29) is 0 Å². The predicted molar refractivity (Wildman–Crippen MR) is 72.2 cm³/mol. The molecular formula is C13H18N2S. The SMILES string of the molecule is CN(C)CCN1CC=CSc2ccccc21. The summed E-state index contributed by atoms with van der Waals surface area (Å²) in [7, 11) is 4.24. The lowest BCUT2D eigenvalue weighted by molar-refractivity contribution is 0.415. The van der Waals surface area contributed by atoms with Gasteiger partial charge in [0, 0.05) is 24.5 Å². The van der Waals surface area contributed by atoms with Crippen LogP contribution in [0.15, 0.2) is 40.6 Å². The maximum Gasteiger partial charge on any atom is 0.0511 e. The normalized spacial score (nSPS) is 15.1. The Balaban J connectivity index is 2.16. The summed E-state index contributed by atoms with van der Waals surface area (Å²) < 4.78 is 0. The Morgan fingerprint density at radius 2 is 2.12 bits per heavy atom. The van der Waals surface area contributed by atoms with E-state index >= 15 is 0 Å². The van der Waals surface area contributed by atoms with E-state index in [2.05, 4.69) is 59.6 Å². The average Bonchev–Trinajstić information content (AvgIpc) is 2.48. The molecule has 1 aromatic carbocycles. The summed E-state index contributed by atoms with van der Waals surface area (Å²) in [6.45, 7) is 3.18. The predicted octanol–water partition coefficient (Wildman–Crippen LogP) is 2.67. The van der Waals surface area contributed by atoms with Crippen molar-refractivity contribution >= 4 is 17.4 Å². The zero-order valence-corrected chi connectivity index (χ0v) is 10.7. The van der Waals surface area contributed by atoms with Gasteiger partial charge in [-0.15, -0.1) is 0 Å². The van der Waals surface area contributed by atoms with Crippen LogP contribution in [0.2, 0.25) is 0 Å². The molecule has 0 N–H and O–H groups in total. The topological polar surface area (TPSA) is 6.48 Å². The van der Waals surface area contributed by atoms with Crippen molar-refractivity contribution in [2.75, 3.05) is 38.6 Å². The molecule has 2 rings (SSSR count). The first-order valence-electron chi connectivity index (χ1n) is 5.58. The van der Waals surface area contributed by atoms with E-state index < -0.39 is 0 Å². The van der Waals surface area contributed by atoms with E-state index in [9.17, 15) is 0 Å². The minimum absolute atomic E-state index is 1.01. The number of rotatable bonds is 3. The van der Waals surface area contributed by atoms with E-state index in [1.165, 1.54) is 10.6 Å². The molecule has 0 fully saturated rings. The van der Waals surface area contributed by atoms with Gasteiger partial charge in [-0.05, 0) is 31.6 Å². The van der Waals surface area contributed by atoms with Crippen LogP contribution >= 0.6 is 11.8 Å². The molecule has 0 amide bonds. The monoisotopic (exact) mass is 234 g/mol. The van der Waals surface area contributed by atoms with Crippen LogP contribution in [0.4, 0.5) is 5.69 Å². The van der Waals surface area contributed by atoms with Gasteiger partial charge in [0.2, 0.25) is 0 Å². The number of para-hydroxylation sites is 1. The molecule has 0 saturated carbocycles. The van der Waals surface area contributed by atoms with Crippen molar-refractivity contribution < 1.29 is 0 Å². The third-order valence-electron chi connectivity index (χ3n) is 2.64. The molecule has 16 heavy (non-hydrogen) atoms.